The Morgan fingerprint density at radius 2 is 1.45 bits per heavy atom. The van der Waals surface area contributed by atoms with E-state index in [1.807, 2.05) is 36.4 Å². The minimum Gasteiger partial charge on any atom is -0.460 e. The summed E-state index contributed by atoms with van der Waals surface area (Å²) in [6.45, 7) is -0.0180. The van der Waals surface area contributed by atoms with Gasteiger partial charge in [0, 0.05) is 11.1 Å². The number of ether oxygens (including phenoxy) is 1. The van der Waals surface area contributed by atoms with Crippen molar-refractivity contribution < 1.29 is 14.3 Å². The molecule has 6 heteroatoms. The van der Waals surface area contributed by atoms with E-state index in [4.69, 9.17) is 15.9 Å². The second kappa shape index (κ2) is 9.32. The topological polar surface area (TPSA) is 105 Å². The molecule has 1 atom stereocenters. The van der Waals surface area contributed by atoms with Crippen molar-refractivity contribution in [2.45, 2.75) is 6.04 Å². The maximum absolute atomic E-state index is 12.8. The van der Waals surface area contributed by atoms with Crippen LogP contribution in [-0.2, 0) is 4.74 Å². The van der Waals surface area contributed by atoms with Crippen molar-refractivity contribution in [2.75, 3.05) is 6.61 Å². The summed E-state index contributed by atoms with van der Waals surface area (Å²) in [7, 11) is 0. The van der Waals surface area contributed by atoms with Gasteiger partial charge in [0.05, 0.1) is 11.6 Å². The van der Waals surface area contributed by atoms with E-state index in [1.54, 1.807) is 48.5 Å². The van der Waals surface area contributed by atoms with Crippen molar-refractivity contribution in [3.63, 3.8) is 0 Å². The molecular weight excluding hydrogens is 366 g/mol. The van der Waals surface area contributed by atoms with E-state index in [0.29, 0.717) is 16.7 Å². The molecule has 0 saturated heterocycles. The number of amidine groups is 1. The quantitative estimate of drug-likeness (QED) is 0.329. The van der Waals surface area contributed by atoms with Crippen LogP contribution in [0.5, 0.6) is 0 Å². The van der Waals surface area contributed by atoms with Gasteiger partial charge < -0.3 is 15.8 Å². The van der Waals surface area contributed by atoms with Crippen LogP contribution in [0, 0.1) is 5.41 Å². The van der Waals surface area contributed by atoms with E-state index in [9.17, 15) is 9.59 Å². The van der Waals surface area contributed by atoms with Gasteiger partial charge in [-0.25, -0.2) is 4.79 Å². The Morgan fingerprint density at radius 3 is 2.10 bits per heavy atom. The number of hydrogen-bond acceptors (Lipinski definition) is 4. The van der Waals surface area contributed by atoms with Crippen molar-refractivity contribution in [1.29, 1.82) is 5.41 Å². The molecule has 6 nitrogen and oxygen atoms in total. The maximum Gasteiger partial charge on any atom is 0.338 e. The van der Waals surface area contributed by atoms with Gasteiger partial charge in [-0.3, -0.25) is 10.2 Å². The lowest BCUT2D eigenvalue weighted by Crippen LogP contribution is -2.32. The number of nitrogens with one attached hydrogen (secondary N) is 2. The van der Waals surface area contributed by atoms with Gasteiger partial charge in [0.15, 0.2) is 0 Å². The van der Waals surface area contributed by atoms with Crippen molar-refractivity contribution in [3.05, 3.63) is 107 Å². The van der Waals surface area contributed by atoms with Crippen LogP contribution in [0.2, 0.25) is 0 Å². The monoisotopic (exact) mass is 387 g/mol. The lowest BCUT2D eigenvalue weighted by molar-refractivity contribution is 0.0456. The summed E-state index contributed by atoms with van der Waals surface area (Å²) in [5, 5.41) is 10.4. The predicted octanol–water partition coefficient (Wildman–Crippen LogP) is 3.30. The van der Waals surface area contributed by atoms with E-state index in [-0.39, 0.29) is 18.3 Å². The molecule has 0 bridgehead atoms. The summed E-state index contributed by atoms with van der Waals surface area (Å²) in [5.74, 6) is -0.923. The summed E-state index contributed by atoms with van der Waals surface area (Å²) >= 11 is 0. The minimum atomic E-state index is -0.530. The summed E-state index contributed by atoms with van der Waals surface area (Å²) in [4.78, 5) is 25.0. The fourth-order valence-electron chi connectivity index (χ4n) is 2.79. The molecule has 3 rings (SSSR count). The largest absolute Gasteiger partial charge is 0.460 e. The van der Waals surface area contributed by atoms with E-state index in [1.165, 1.54) is 0 Å². The molecule has 0 aromatic heterocycles. The molecule has 4 N–H and O–H groups in total. The fraction of sp³-hybridized carbons (Fsp3) is 0.0870. The number of benzene rings is 3. The molecule has 0 spiro atoms. The predicted molar refractivity (Wildman–Crippen MR) is 111 cm³/mol. The van der Waals surface area contributed by atoms with Crippen LogP contribution in [0.1, 0.15) is 37.9 Å². The number of rotatable bonds is 7. The number of nitrogens with two attached hydrogens (primary N) is 1. The van der Waals surface area contributed by atoms with Crippen molar-refractivity contribution in [3.8, 4) is 0 Å². The molecule has 3 aromatic carbocycles. The fourth-order valence-corrected chi connectivity index (χ4v) is 2.79. The Hall–Kier alpha value is -3.93. The van der Waals surface area contributed by atoms with Gasteiger partial charge in [-0.15, -0.1) is 0 Å². The van der Waals surface area contributed by atoms with E-state index >= 15 is 0 Å². The Balaban J connectivity index is 1.76. The third-order valence-corrected chi connectivity index (χ3v) is 4.33. The molecular formula is C23H21N3O3. The zero-order valence-corrected chi connectivity index (χ0v) is 15.7. The summed E-state index contributed by atoms with van der Waals surface area (Å²) in [6, 6.07) is 23.9. The summed E-state index contributed by atoms with van der Waals surface area (Å²) in [6.07, 6.45) is 0. The first-order valence-corrected chi connectivity index (χ1v) is 9.07. The number of amides is 1. The summed E-state index contributed by atoms with van der Waals surface area (Å²) < 4.78 is 5.44. The van der Waals surface area contributed by atoms with Crippen LogP contribution in [0.25, 0.3) is 0 Å². The molecule has 0 radical (unpaired) electrons. The Labute approximate surface area is 168 Å². The molecule has 0 saturated carbocycles. The van der Waals surface area contributed by atoms with Crippen LogP contribution < -0.4 is 11.1 Å². The smallest absolute Gasteiger partial charge is 0.338 e. The van der Waals surface area contributed by atoms with Gasteiger partial charge >= 0.3 is 5.97 Å². The van der Waals surface area contributed by atoms with Gasteiger partial charge in [-0.05, 0) is 29.8 Å². The van der Waals surface area contributed by atoms with Crippen LogP contribution in [0.15, 0.2) is 84.9 Å². The Morgan fingerprint density at radius 1 is 0.862 bits per heavy atom. The van der Waals surface area contributed by atoms with E-state index in [2.05, 4.69) is 5.32 Å². The van der Waals surface area contributed by atoms with Crippen LogP contribution >= 0.6 is 0 Å². The molecule has 0 aliphatic carbocycles. The lowest BCUT2D eigenvalue weighted by Gasteiger charge is -2.19. The number of nitrogen functional groups attached to an aromatic ring is 1. The van der Waals surface area contributed by atoms with Gasteiger partial charge in [0.25, 0.3) is 5.91 Å². The maximum atomic E-state index is 12.8. The van der Waals surface area contributed by atoms with E-state index < -0.39 is 12.0 Å². The van der Waals surface area contributed by atoms with Gasteiger partial charge in [-0.2, -0.15) is 0 Å². The number of carbonyl (C=O) groups is 2. The van der Waals surface area contributed by atoms with Gasteiger partial charge in [0.1, 0.15) is 12.4 Å². The lowest BCUT2D eigenvalue weighted by atomic mass is 10.1. The third-order valence-electron chi connectivity index (χ3n) is 4.33. The van der Waals surface area contributed by atoms with Crippen molar-refractivity contribution in [2.24, 2.45) is 5.73 Å². The molecule has 146 valence electrons. The highest BCUT2D eigenvalue weighted by molar-refractivity contribution is 6.00. The van der Waals surface area contributed by atoms with Crippen LogP contribution in [0.4, 0.5) is 0 Å². The van der Waals surface area contributed by atoms with Crippen LogP contribution in [-0.4, -0.2) is 24.3 Å². The molecule has 0 aliphatic heterocycles. The highest BCUT2D eigenvalue weighted by atomic mass is 16.5. The number of hydrogen-bond donors (Lipinski definition) is 3. The second-order valence-electron chi connectivity index (χ2n) is 6.40. The zero-order valence-electron chi connectivity index (χ0n) is 15.7. The normalized spacial score (nSPS) is 11.3. The second-order valence-corrected chi connectivity index (χ2v) is 6.40. The molecule has 3 aromatic rings. The average Bonchev–Trinajstić information content (AvgIpc) is 2.77. The first-order chi connectivity index (χ1) is 14.0. The van der Waals surface area contributed by atoms with Gasteiger partial charge in [0.2, 0.25) is 0 Å². The minimum absolute atomic E-state index is 0.0180. The highest BCUT2D eigenvalue weighted by Crippen LogP contribution is 2.16. The zero-order chi connectivity index (χ0) is 20.6. The Kier molecular flexibility index (Phi) is 6.37. The average molecular weight is 387 g/mol. The van der Waals surface area contributed by atoms with Crippen molar-refractivity contribution >= 4 is 17.7 Å². The first-order valence-electron chi connectivity index (χ1n) is 9.07. The molecule has 0 aliphatic rings. The van der Waals surface area contributed by atoms with E-state index in [0.717, 1.165) is 5.56 Å². The molecule has 29 heavy (non-hydrogen) atoms. The molecule has 1 amide bonds. The first kappa shape index (κ1) is 19.8. The standard InChI is InChI=1S/C23H21N3O3/c24-21(25)18-12-7-13-19(14-18)22(27)26-20(16-8-3-1-4-9-16)15-29-23(28)17-10-5-2-6-11-17/h1-14,20H,15H2,(H3,24,25)(H,26,27)/t20-/m1/s1. The summed E-state index contributed by atoms with van der Waals surface area (Å²) in [5.41, 5.74) is 7.59. The van der Waals surface area contributed by atoms with Crippen LogP contribution in [0.3, 0.4) is 0 Å². The van der Waals surface area contributed by atoms with Gasteiger partial charge in [-0.1, -0.05) is 60.7 Å². The highest BCUT2D eigenvalue weighted by Gasteiger charge is 2.19. The Bertz CT molecular complexity index is 1000. The molecule has 0 unspecified atom stereocenters. The SMILES string of the molecule is N=C(N)c1cccc(C(=O)N[C@H](COC(=O)c2ccccc2)c2ccccc2)c1. The molecule has 0 fully saturated rings. The third kappa shape index (κ3) is 5.29. The van der Waals surface area contributed by atoms with Crippen molar-refractivity contribution in [1.82, 2.24) is 5.32 Å². The molecule has 0 heterocycles. The number of carbonyl (C=O) groups excluding carboxylic acids is 2. The number of esters is 1.